The molecule has 2 fully saturated rings. The van der Waals surface area contributed by atoms with Gasteiger partial charge in [0.25, 0.3) is 0 Å². The van der Waals surface area contributed by atoms with Gasteiger partial charge >= 0.3 is 0 Å². The molecule has 2 rings (SSSR count). The van der Waals surface area contributed by atoms with Gasteiger partial charge in [-0.15, -0.1) is 12.4 Å². The van der Waals surface area contributed by atoms with Gasteiger partial charge in [0.15, 0.2) is 0 Å². The molecule has 128 valence electrons. The number of hydrogen-bond acceptors (Lipinski definition) is 3. The van der Waals surface area contributed by atoms with Crippen molar-refractivity contribution in [2.24, 2.45) is 5.92 Å². The summed E-state index contributed by atoms with van der Waals surface area (Å²) < 4.78 is 0. The van der Waals surface area contributed by atoms with E-state index in [9.17, 15) is 9.59 Å². The standard InChI is InChI=1S/C16H29N3O2.ClH/c1-4-19(5-2)16(21)11-18(3)15(20)10-12-8-13-6-7-14(9-12)17-13;/h12-14,17H,4-11H2,1-3H3;1H. The highest BCUT2D eigenvalue weighted by Gasteiger charge is 2.34. The first kappa shape index (κ1) is 19.2. The van der Waals surface area contributed by atoms with E-state index in [4.69, 9.17) is 0 Å². The van der Waals surface area contributed by atoms with Crippen molar-refractivity contribution in [2.75, 3.05) is 26.7 Å². The van der Waals surface area contributed by atoms with Gasteiger partial charge < -0.3 is 15.1 Å². The van der Waals surface area contributed by atoms with Crippen LogP contribution in [0.1, 0.15) is 46.0 Å². The molecule has 0 radical (unpaired) electrons. The zero-order valence-corrected chi connectivity index (χ0v) is 14.8. The number of likely N-dealkylation sites (N-methyl/N-ethyl adjacent to an activating group) is 2. The van der Waals surface area contributed by atoms with Gasteiger partial charge in [-0.25, -0.2) is 0 Å². The minimum absolute atomic E-state index is 0. The molecule has 0 aliphatic carbocycles. The van der Waals surface area contributed by atoms with Crippen LogP contribution in [0.4, 0.5) is 0 Å². The van der Waals surface area contributed by atoms with Crippen LogP contribution < -0.4 is 5.32 Å². The number of piperidine rings is 1. The first-order chi connectivity index (χ1) is 10.0. The van der Waals surface area contributed by atoms with Crippen LogP contribution in [0.25, 0.3) is 0 Å². The summed E-state index contributed by atoms with van der Waals surface area (Å²) in [5.41, 5.74) is 0. The number of rotatable bonds is 6. The topological polar surface area (TPSA) is 52.7 Å². The fourth-order valence-corrected chi connectivity index (χ4v) is 3.71. The van der Waals surface area contributed by atoms with Crippen molar-refractivity contribution in [2.45, 2.75) is 58.0 Å². The Kier molecular flexibility index (Phi) is 7.63. The second-order valence-corrected chi connectivity index (χ2v) is 6.50. The first-order valence-electron chi connectivity index (χ1n) is 8.31. The summed E-state index contributed by atoms with van der Waals surface area (Å²) in [7, 11) is 1.75. The quantitative estimate of drug-likeness (QED) is 0.805. The monoisotopic (exact) mass is 331 g/mol. The lowest BCUT2D eigenvalue weighted by Crippen LogP contribution is -2.43. The molecule has 2 aliphatic heterocycles. The predicted octanol–water partition coefficient (Wildman–Crippen LogP) is 1.66. The van der Waals surface area contributed by atoms with E-state index < -0.39 is 0 Å². The van der Waals surface area contributed by atoms with Crippen molar-refractivity contribution in [1.29, 1.82) is 0 Å². The maximum atomic E-state index is 12.3. The minimum atomic E-state index is 0. The van der Waals surface area contributed by atoms with Crippen molar-refractivity contribution in [3.63, 3.8) is 0 Å². The molecule has 0 aromatic heterocycles. The second-order valence-electron chi connectivity index (χ2n) is 6.50. The zero-order chi connectivity index (χ0) is 15.4. The average Bonchev–Trinajstić information content (AvgIpc) is 2.79. The first-order valence-corrected chi connectivity index (χ1v) is 8.31. The highest BCUT2D eigenvalue weighted by molar-refractivity contribution is 5.85. The van der Waals surface area contributed by atoms with E-state index >= 15 is 0 Å². The fraction of sp³-hybridized carbons (Fsp3) is 0.875. The lowest BCUT2D eigenvalue weighted by molar-refractivity contribution is -0.139. The Morgan fingerprint density at radius 2 is 1.59 bits per heavy atom. The van der Waals surface area contributed by atoms with Gasteiger partial charge in [-0.1, -0.05) is 0 Å². The molecule has 2 heterocycles. The van der Waals surface area contributed by atoms with E-state index in [1.165, 1.54) is 12.8 Å². The molecular formula is C16H30ClN3O2. The minimum Gasteiger partial charge on any atom is -0.342 e. The number of nitrogens with one attached hydrogen (secondary N) is 1. The highest BCUT2D eigenvalue weighted by atomic mass is 35.5. The van der Waals surface area contributed by atoms with E-state index in [2.05, 4.69) is 5.32 Å². The van der Waals surface area contributed by atoms with Crippen LogP contribution in [-0.4, -0.2) is 60.4 Å². The molecule has 0 saturated carbocycles. The van der Waals surface area contributed by atoms with E-state index in [0.29, 0.717) is 37.5 Å². The molecule has 5 nitrogen and oxygen atoms in total. The number of amides is 2. The second kappa shape index (κ2) is 8.73. The van der Waals surface area contributed by atoms with Crippen LogP contribution >= 0.6 is 12.4 Å². The summed E-state index contributed by atoms with van der Waals surface area (Å²) in [6.07, 6.45) is 5.33. The van der Waals surface area contributed by atoms with Gasteiger partial charge in [0, 0.05) is 38.6 Å². The molecule has 0 spiro atoms. The lowest BCUT2D eigenvalue weighted by Gasteiger charge is -2.30. The Balaban J connectivity index is 0.00000242. The Hall–Kier alpha value is -0.810. The van der Waals surface area contributed by atoms with E-state index in [-0.39, 0.29) is 30.8 Å². The van der Waals surface area contributed by atoms with Gasteiger partial charge in [-0.05, 0) is 45.4 Å². The number of carbonyl (C=O) groups excluding carboxylic acids is 2. The van der Waals surface area contributed by atoms with Crippen LogP contribution in [0.2, 0.25) is 0 Å². The fourth-order valence-electron chi connectivity index (χ4n) is 3.71. The van der Waals surface area contributed by atoms with Crippen molar-refractivity contribution in [3.05, 3.63) is 0 Å². The number of nitrogens with zero attached hydrogens (tertiary/aromatic N) is 2. The lowest BCUT2D eigenvalue weighted by atomic mass is 9.89. The van der Waals surface area contributed by atoms with Gasteiger partial charge in [-0.3, -0.25) is 9.59 Å². The molecule has 6 heteroatoms. The number of fused-ring (bicyclic) bond motifs is 2. The van der Waals surface area contributed by atoms with Crippen LogP contribution in [0.3, 0.4) is 0 Å². The zero-order valence-electron chi connectivity index (χ0n) is 14.0. The SMILES string of the molecule is CCN(CC)C(=O)CN(C)C(=O)CC1CC2CCC(C1)N2.Cl. The Bertz CT molecular complexity index is 376. The van der Waals surface area contributed by atoms with Crippen molar-refractivity contribution >= 4 is 24.2 Å². The largest absolute Gasteiger partial charge is 0.342 e. The highest BCUT2D eigenvalue weighted by Crippen LogP contribution is 2.32. The molecule has 2 atom stereocenters. The molecule has 2 saturated heterocycles. The summed E-state index contributed by atoms with van der Waals surface area (Å²) in [4.78, 5) is 27.7. The smallest absolute Gasteiger partial charge is 0.242 e. The van der Waals surface area contributed by atoms with Crippen LogP contribution in [0.15, 0.2) is 0 Å². The summed E-state index contributed by atoms with van der Waals surface area (Å²) in [5, 5.41) is 3.60. The molecular weight excluding hydrogens is 302 g/mol. The van der Waals surface area contributed by atoms with Crippen LogP contribution in [0.5, 0.6) is 0 Å². The summed E-state index contributed by atoms with van der Waals surface area (Å²) in [6.45, 7) is 5.55. The maximum Gasteiger partial charge on any atom is 0.242 e. The van der Waals surface area contributed by atoms with Crippen molar-refractivity contribution in [3.8, 4) is 0 Å². The van der Waals surface area contributed by atoms with Gasteiger partial charge in [0.1, 0.15) is 0 Å². The molecule has 0 aromatic carbocycles. The number of carbonyl (C=O) groups is 2. The number of hydrogen-bond donors (Lipinski definition) is 1. The third-order valence-corrected chi connectivity index (χ3v) is 4.95. The van der Waals surface area contributed by atoms with Crippen LogP contribution in [-0.2, 0) is 9.59 Å². The van der Waals surface area contributed by atoms with Crippen molar-refractivity contribution in [1.82, 2.24) is 15.1 Å². The van der Waals surface area contributed by atoms with E-state index in [1.807, 2.05) is 13.8 Å². The molecule has 2 unspecified atom stereocenters. The van der Waals surface area contributed by atoms with Gasteiger partial charge in [0.05, 0.1) is 6.54 Å². The third-order valence-electron chi connectivity index (χ3n) is 4.95. The normalized spacial score (nSPS) is 26.2. The Morgan fingerprint density at radius 1 is 1.05 bits per heavy atom. The maximum absolute atomic E-state index is 12.3. The Morgan fingerprint density at radius 3 is 2.09 bits per heavy atom. The molecule has 0 aromatic rings. The van der Waals surface area contributed by atoms with Crippen molar-refractivity contribution < 1.29 is 9.59 Å². The Labute approximate surface area is 140 Å². The third kappa shape index (κ3) is 4.85. The molecule has 22 heavy (non-hydrogen) atoms. The molecule has 2 aliphatic rings. The average molecular weight is 332 g/mol. The molecule has 2 amide bonds. The van der Waals surface area contributed by atoms with E-state index in [1.54, 1.807) is 16.8 Å². The number of halogens is 1. The molecule has 2 bridgehead atoms. The molecule has 1 N–H and O–H groups in total. The summed E-state index contributed by atoms with van der Waals surface area (Å²) in [5.74, 6) is 0.644. The van der Waals surface area contributed by atoms with Gasteiger partial charge in [0.2, 0.25) is 11.8 Å². The van der Waals surface area contributed by atoms with Gasteiger partial charge in [-0.2, -0.15) is 0 Å². The van der Waals surface area contributed by atoms with Crippen LogP contribution in [0, 0.1) is 5.92 Å². The van der Waals surface area contributed by atoms with E-state index in [0.717, 1.165) is 12.8 Å². The summed E-state index contributed by atoms with van der Waals surface area (Å²) >= 11 is 0. The predicted molar refractivity (Wildman–Crippen MR) is 90.1 cm³/mol. The summed E-state index contributed by atoms with van der Waals surface area (Å²) in [6, 6.07) is 1.23.